The minimum atomic E-state index is -2.87. The Labute approximate surface area is 96.5 Å². The van der Waals surface area contributed by atoms with Crippen molar-refractivity contribution in [3.05, 3.63) is 32.5 Å². The van der Waals surface area contributed by atoms with Crippen LogP contribution in [0.4, 0.5) is 14.6 Å². The zero-order valence-electron chi connectivity index (χ0n) is 7.08. The zero-order valence-corrected chi connectivity index (χ0v) is 9.43. The van der Waals surface area contributed by atoms with Gasteiger partial charge in [0.05, 0.1) is 5.56 Å². The van der Waals surface area contributed by atoms with Crippen molar-refractivity contribution in [3.63, 3.8) is 0 Å². The smallest absolute Gasteiger partial charge is 0.358 e. The Balaban J connectivity index is 3.42. The number of nitro groups is 1. The Bertz CT molecular complexity index is 403. The first kappa shape index (κ1) is 12.3. The molecule has 0 N–H and O–H groups in total. The number of nitrogens with zero attached hydrogens (tertiary/aromatic N) is 2. The van der Waals surface area contributed by atoms with Gasteiger partial charge < -0.3 is 10.1 Å². The number of aromatic nitrogens is 1. The van der Waals surface area contributed by atoms with Crippen LogP contribution in [0.5, 0.6) is 0 Å². The van der Waals surface area contributed by atoms with Gasteiger partial charge in [-0.15, -0.1) is 0 Å². The first-order chi connectivity index (χ1) is 6.99. The van der Waals surface area contributed by atoms with Crippen LogP contribution in [0.3, 0.4) is 0 Å². The van der Waals surface area contributed by atoms with Gasteiger partial charge in [0, 0.05) is 10.9 Å². The van der Waals surface area contributed by atoms with Crippen molar-refractivity contribution >= 4 is 33.3 Å². The molecular formula is C7H4BrClF2N2O2. The highest BCUT2D eigenvalue weighted by atomic mass is 79.9. The molecule has 1 heterocycles. The van der Waals surface area contributed by atoms with E-state index in [4.69, 9.17) is 11.6 Å². The summed E-state index contributed by atoms with van der Waals surface area (Å²) in [6, 6.07) is 0. The predicted molar refractivity (Wildman–Crippen MR) is 53.5 cm³/mol. The van der Waals surface area contributed by atoms with Crippen LogP contribution in [0.2, 0.25) is 5.02 Å². The molecule has 1 rings (SSSR count). The summed E-state index contributed by atoms with van der Waals surface area (Å²) >= 11 is 8.45. The molecule has 0 aromatic carbocycles. The standard InChI is InChI=1S/C7H4BrClF2N2O2/c8-1-3-2-12-7(13(14)15)5(9)4(3)6(10)11/h2,6H,1H2. The van der Waals surface area contributed by atoms with Gasteiger partial charge in [-0.1, -0.05) is 27.5 Å². The molecule has 0 radical (unpaired) electrons. The fraction of sp³-hybridized carbons (Fsp3) is 0.286. The van der Waals surface area contributed by atoms with E-state index in [-0.39, 0.29) is 10.9 Å². The summed E-state index contributed by atoms with van der Waals surface area (Å²) in [4.78, 5) is 12.9. The van der Waals surface area contributed by atoms with Crippen LogP contribution in [0.25, 0.3) is 0 Å². The summed E-state index contributed by atoms with van der Waals surface area (Å²) < 4.78 is 25.1. The fourth-order valence-corrected chi connectivity index (χ4v) is 1.76. The monoisotopic (exact) mass is 300 g/mol. The Morgan fingerprint density at radius 1 is 1.67 bits per heavy atom. The Kier molecular flexibility index (Phi) is 3.92. The molecule has 0 atom stereocenters. The third kappa shape index (κ3) is 2.40. The van der Waals surface area contributed by atoms with E-state index in [2.05, 4.69) is 20.9 Å². The van der Waals surface area contributed by atoms with E-state index in [1.165, 1.54) is 0 Å². The predicted octanol–water partition coefficient (Wildman–Crippen LogP) is 3.48. The van der Waals surface area contributed by atoms with E-state index in [1.807, 2.05) is 0 Å². The van der Waals surface area contributed by atoms with Crippen LogP contribution in [-0.4, -0.2) is 9.91 Å². The maximum atomic E-state index is 12.6. The third-order valence-electron chi connectivity index (χ3n) is 1.66. The van der Waals surface area contributed by atoms with Crippen LogP contribution >= 0.6 is 27.5 Å². The van der Waals surface area contributed by atoms with Gasteiger partial charge >= 0.3 is 5.82 Å². The molecule has 0 saturated carbocycles. The fourth-order valence-electron chi connectivity index (χ4n) is 0.996. The lowest BCUT2D eigenvalue weighted by Crippen LogP contribution is -2.01. The van der Waals surface area contributed by atoms with E-state index in [0.29, 0.717) is 0 Å². The summed E-state index contributed by atoms with van der Waals surface area (Å²) in [7, 11) is 0. The van der Waals surface area contributed by atoms with Gasteiger partial charge in [0.2, 0.25) is 0 Å². The van der Waals surface area contributed by atoms with E-state index < -0.39 is 27.8 Å². The molecule has 0 aliphatic heterocycles. The lowest BCUT2D eigenvalue weighted by Gasteiger charge is -2.06. The molecule has 8 heteroatoms. The average Bonchev–Trinajstić information content (AvgIpc) is 2.15. The summed E-state index contributed by atoms with van der Waals surface area (Å²) in [5, 5.41) is 9.90. The molecule has 0 bridgehead atoms. The van der Waals surface area contributed by atoms with Gasteiger partial charge in [0.1, 0.15) is 11.2 Å². The molecular weight excluding hydrogens is 297 g/mol. The minimum Gasteiger partial charge on any atom is -0.358 e. The van der Waals surface area contributed by atoms with Crippen LogP contribution in [0, 0.1) is 10.1 Å². The third-order valence-corrected chi connectivity index (χ3v) is 2.63. The molecule has 0 aliphatic carbocycles. The minimum absolute atomic E-state index is 0.109. The van der Waals surface area contributed by atoms with Crippen LogP contribution in [0.15, 0.2) is 6.20 Å². The Hall–Kier alpha value is -0.820. The normalized spacial score (nSPS) is 10.7. The molecule has 4 nitrogen and oxygen atoms in total. The number of hydrogen-bond donors (Lipinski definition) is 0. The van der Waals surface area contributed by atoms with E-state index in [1.54, 1.807) is 0 Å². The number of alkyl halides is 3. The topological polar surface area (TPSA) is 56.0 Å². The molecule has 0 unspecified atom stereocenters. The maximum absolute atomic E-state index is 12.6. The molecule has 15 heavy (non-hydrogen) atoms. The van der Waals surface area contributed by atoms with Crippen molar-refractivity contribution in [2.24, 2.45) is 0 Å². The number of pyridine rings is 1. The van der Waals surface area contributed by atoms with Crippen molar-refractivity contribution in [1.29, 1.82) is 0 Å². The summed E-state index contributed by atoms with van der Waals surface area (Å²) in [6.45, 7) is 0. The van der Waals surface area contributed by atoms with Crippen LogP contribution < -0.4 is 0 Å². The van der Waals surface area contributed by atoms with E-state index in [9.17, 15) is 18.9 Å². The second-order valence-electron chi connectivity index (χ2n) is 2.53. The number of halogens is 4. The van der Waals surface area contributed by atoms with E-state index >= 15 is 0 Å². The average molecular weight is 301 g/mol. The van der Waals surface area contributed by atoms with Gasteiger partial charge in [-0.05, 0) is 9.91 Å². The van der Waals surface area contributed by atoms with Crippen molar-refractivity contribution in [2.75, 3.05) is 0 Å². The van der Waals surface area contributed by atoms with E-state index in [0.717, 1.165) is 6.20 Å². The summed E-state index contributed by atoms with van der Waals surface area (Å²) in [6.07, 6.45) is -1.85. The molecule has 82 valence electrons. The van der Waals surface area contributed by atoms with Gasteiger partial charge in [0.25, 0.3) is 6.43 Å². The van der Waals surface area contributed by atoms with Crippen molar-refractivity contribution in [1.82, 2.24) is 4.98 Å². The number of rotatable bonds is 3. The van der Waals surface area contributed by atoms with Crippen LogP contribution in [-0.2, 0) is 5.33 Å². The largest absolute Gasteiger partial charge is 0.382 e. The first-order valence-corrected chi connectivity index (χ1v) is 5.14. The van der Waals surface area contributed by atoms with Gasteiger partial charge in [-0.2, -0.15) is 0 Å². The molecule has 0 spiro atoms. The SMILES string of the molecule is O=[N+]([O-])c1ncc(CBr)c(C(F)F)c1Cl. The second-order valence-corrected chi connectivity index (χ2v) is 3.46. The number of hydrogen-bond acceptors (Lipinski definition) is 3. The quantitative estimate of drug-likeness (QED) is 0.488. The molecule has 1 aromatic heterocycles. The summed E-state index contributed by atoms with van der Waals surface area (Å²) in [5.74, 6) is -0.753. The van der Waals surface area contributed by atoms with Crippen molar-refractivity contribution in [2.45, 2.75) is 11.8 Å². The van der Waals surface area contributed by atoms with Crippen molar-refractivity contribution in [3.8, 4) is 0 Å². The maximum Gasteiger partial charge on any atom is 0.382 e. The molecule has 0 fully saturated rings. The highest BCUT2D eigenvalue weighted by Gasteiger charge is 2.26. The zero-order chi connectivity index (χ0) is 11.6. The molecule has 1 aromatic rings. The lowest BCUT2D eigenvalue weighted by atomic mass is 10.1. The summed E-state index contributed by atoms with van der Waals surface area (Å²) in [5.41, 5.74) is -0.407. The molecule has 0 aliphatic rings. The molecule has 0 saturated heterocycles. The van der Waals surface area contributed by atoms with Crippen molar-refractivity contribution < 1.29 is 13.7 Å². The van der Waals surface area contributed by atoms with Gasteiger partial charge in [0.15, 0.2) is 0 Å². The highest BCUT2D eigenvalue weighted by Crippen LogP contribution is 2.35. The van der Waals surface area contributed by atoms with Gasteiger partial charge in [-0.25, -0.2) is 8.78 Å². The second kappa shape index (κ2) is 4.80. The lowest BCUT2D eigenvalue weighted by molar-refractivity contribution is -0.389. The first-order valence-electron chi connectivity index (χ1n) is 3.64. The van der Waals surface area contributed by atoms with Crippen LogP contribution in [0.1, 0.15) is 17.6 Å². The highest BCUT2D eigenvalue weighted by molar-refractivity contribution is 9.08. The Morgan fingerprint density at radius 3 is 2.67 bits per heavy atom. The van der Waals surface area contributed by atoms with Gasteiger partial charge in [-0.3, -0.25) is 0 Å². The Morgan fingerprint density at radius 2 is 2.27 bits per heavy atom. The molecule has 0 amide bonds.